The van der Waals surface area contributed by atoms with Gasteiger partial charge in [0.05, 0.1) is 12.3 Å². The van der Waals surface area contributed by atoms with E-state index in [0.717, 1.165) is 11.1 Å². The summed E-state index contributed by atoms with van der Waals surface area (Å²) in [6.07, 6.45) is 1.08. The predicted octanol–water partition coefficient (Wildman–Crippen LogP) is 4.57. The molecule has 0 heterocycles. The van der Waals surface area contributed by atoms with E-state index in [0.29, 0.717) is 29.1 Å². The van der Waals surface area contributed by atoms with Crippen molar-refractivity contribution in [1.29, 1.82) is 0 Å². The van der Waals surface area contributed by atoms with Crippen molar-refractivity contribution in [2.75, 3.05) is 19.0 Å². The number of ketones is 1. The molecular weight excluding hydrogens is 338 g/mol. The lowest BCUT2D eigenvalue weighted by Crippen LogP contribution is -2.28. The summed E-state index contributed by atoms with van der Waals surface area (Å²) >= 11 is 5.97. The van der Waals surface area contributed by atoms with Crippen LogP contribution < -0.4 is 5.32 Å². The molecule has 1 fully saturated rings. The van der Waals surface area contributed by atoms with Crippen molar-refractivity contribution in [3.63, 3.8) is 0 Å². The molecule has 1 aliphatic carbocycles. The summed E-state index contributed by atoms with van der Waals surface area (Å²) in [5, 5.41) is 3.78. The van der Waals surface area contributed by atoms with Crippen LogP contribution >= 0.6 is 11.6 Å². The summed E-state index contributed by atoms with van der Waals surface area (Å²) in [5.41, 5.74) is 2.06. The number of para-hydroxylation sites is 1. The molecule has 2 aromatic carbocycles. The van der Waals surface area contributed by atoms with E-state index in [1.807, 2.05) is 36.4 Å². The first-order chi connectivity index (χ1) is 12.0. The third kappa shape index (κ3) is 3.14. The molecule has 0 amide bonds. The lowest BCUT2D eigenvalue weighted by atomic mass is 9.90. The van der Waals surface area contributed by atoms with Crippen molar-refractivity contribution in [1.82, 2.24) is 0 Å². The van der Waals surface area contributed by atoms with E-state index < -0.39 is 11.4 Å². The molecule has 1 saturated carbocycles. The van der Waals surface area contributed by atoms with Crippen LogP contribution in [-0.2, 0) is 9.53 Å². The van der Waals surface area contributed by atoms with E-state index in [1.54, 1.807) is 20.0 Å². The summed E-state index contributed by atoms with van der Waals surface area (Å²) in [5.74, 6) is -0.593. The van der Waals surface area contributed by atoms with Gasteiger partial charge in [0.15, 0.2) is 5.78 Å². The van der Waals surface area contributed by atoms with Crippen molar-refractivity contribution in [2.24, 2.45) is 5.41 Å². The molecule has 0 aliphatic heterocycles. The average Bonchev–Trinajstić information content (AvgIpc) is 3.43. The molecule has 0 aromatic heterocycles. The topological polar surface area (TPSA) is 55.4 Å². The number of carbonyl (C=O) groups excluding carboxylic acids is 2. The van der Waals surface area contributed by atoms with Crippen LogP contribution in [0.2, 0.25) is 5.02 Å². The van der Waals surface area contributed by atoms with Crippen molar-refractivity contribution in [3.8, 4) is 11.1 Å². The van der Waals surface area contributed by atoms with Gasteiger partial charge in [0.25, 0.3) is 0 Å². The molecule has 0 bridgehead atoms. The van der Waals surface area contributed by atoms with Crippen LogP contribution in [0.1, 0.15) is 30.1 Å². The number of halogens is 1. The predicted molar refractivity (Wildman–Crippen MR) is 99.1 cm³/mol. The summed E-state index contributed by atoms with van der Waals surface area (Å²) in [6, 6.07) is 13.0. The largest absolute Gasteiger partial charge is 0.465 e. The summed E-state index contributed by atoms with van der Waals surface area (Å²) in [7, 11) is 1.77. The van der Waals surface area contributed by atoms with Gasteiger partial charge < -0.3 is 10.1 Å². The number of esters is 1. The minimum atomic E-state index is -1.01. The van der Waals surface area contributed by atoms with Gasteiger partial charge in [-0.1, -0.05) is 35.9 Å². The number of benzene rings is 2. The Morgan fingerprint density at radius 1 is 1.16 bits per heavy atom. The number of Topliss-reactive ketones (excluding diaryl/α,β-unsaturated/α-hetero) is 1. The highest BCUT2D eigenvalue weighted by molar-refractivity contribution is 6.30. The molecular formula is C20H20ClNO3. The van der Waals surface area contributed by atoms with Crippen molar-refractivity contribution < 1.29 is 14.3 Å². The Balaban J connectivity index is 2.03. The lowest BCUT2D eigenvalue weighted by Gasteiger charge is -2.18. The Morgan fingerprint density at radius 3 is 2.40 bits per heavy atom. The Hall–Kier alpha value is -2.33. The van der Waals surface area contributed by atoms with Gasteiger partial charge in [-0.3, -0.25) is 9.59 Å². The summed E-state index contributed by atoms with van der Waals surface area (Å²) in [4.78, 5) is 25.4. The van der Waals surface area contributed by atoms with E-state index in [-0.39, 0.29) is 12.4 Å². The normalized spacial score (nSPS) is 14.7. The van der Waals surface area contributed by atoms with Crippen molar-refractivity contribution in [2.45, 2.75) is 19.8 Å². The van der Waals surface area contributed by atoms with Crippen molar-refractivity contribution in [3.05, 3.63) is 53.1 Å². The quantitative estimate of drug-likeness (QED) is 0.467. The highest BCUT2D eigenvalue weighted by atomic mass is 35.5. The molecule has 1 aliphatic rings. The van der Waals surface area contributed by atoms with E-state index in [1.165, 1.54) is 0 Å². The maximum Gasteiger partial charge on any atom is 0.320 e. The molecule has 2 aromatic rings. The number of hydrogen-bond acceptors (Lipinski definition) is 4. The highest BCUT2D eigenvalue weighted by Crippen LogP contribution is 2.50. The first kappa shape index (κ1) is 17.5. The van der Waals surface area contributed by atoms with Gasteiger partial charge in [-0.05, 0) is 43.5 Å². The SMILES string of the molecule is CCOC(=O)C1(C(=O)c2cccc(-c3ccc(Cl)cc3)c2NC)CC1. The average molecular weight is 358 g/mol. The van der Waals surface area contributed by atoms with E-state index in [9.17, 15) is 9.59 Å². The van der Waals surface area contributed by atoms with Gasteiger partial charge in [0.2, 0.25) is 0 Å². The first-order valence-corrected chi connectivity index (χ1v) is 8.70. The second-order valence-corrected chi connectivity index (χ2v) is 6.55. The second-order valence-electron chi connectivity index (χ2n) is 6.12. The number of carbonyl (C=O) groups is 2. The zero-order valence-electron chi connectivity index (χ0n) is 14.3. The molecule has 1 N–H and O–H groups in total. The minimum Gasteiger partial charge on any atom is -0.465 e. The zero-order valence-corrected chi connectivity index (χ0v) is 15.0. The third-order valence-corrected chi connectivity index (χ3v) is 4.82. The fourth-order valence-corrected chi connectivity index (χ4v) is 3.18. The number of anilines is 1. The maximum atomic E-state index is 13.1. The monoisotopic (exact) mass is 357 g/mol. The molecule has 0 atom stereocenters. The van der Waals surface area contributed by atoms with Gasteiger partial charge in [-0.25, -0.2) is 0 Å². The Morgan fingerprint density at radius 2 is 1.84 bits per heavy atom. The first-order valence-electron chi connectivity index (χ1n) is 8.32. The fraction of sp³-hybridized carbons (Fsp3) is 0.300. The van der Waals surface area contributed by atoms with Gasteiger partial charge in [0, 0.05) is 23.2 Å². The maximum absolute atomic E-state index is 13.1. The summed E-state index contributed by atoms with van der Waals surface area (Å²) < 4.78 is 5.12. The van der Waals surface area contributed by atoms with Crippen LogP contribution in [0.3, 0.4) is 0 Å². The Bertz CT molecular complexity index is 810. The Kier molecular flexibility index (Phi) is 4.82. The van der Waals surface area contributed by atoms with E-state index in [4.69, 9.17) is 16.3 Å². The van der Waals surface area contributed by atoms with Gasteiger partial charge in [0.1, 0.15) is 5.41 Å². The van der Waals surface area contributed by atoms with Crippen LogP contribution in [0.5, 0.6) is 0 Å². The van der Waals surface area contributed by atoms with Gasteiger partial charge >= 0.3 is 5.97 Å². The molecule has 25 heavy (non-hydrogen) atoms. The molecule has 4 nitrogen and oxygen atoms in total. The molecule has 0 spiro atoms. The van der Waals surface area contributed by atoms with E-state index >= 15 is 0 Å². The van der Waals surface area contributed by atoms with Crippen molar-refractivity contribution >= 4 is 29.0 Å². The van der Waals surface area contributed by atoms with Crippen LogP contribution in [-0.4, -0.2) is 25.4 Å². The fourth-order valence-electron chi connectivity index (χ4n) is 3.06. The molecule has 0 radical (unpaired) electrons. The standard InChI is InChI=1S/C20H20ClNO3/c1-3-25-19(24)20(11-12-20)18(23)16-6-4-5-15(17(16)22-2)13-7-9-14(21)10-8-13/h4-10,22H,3,11-12H2,1-2H3. The van der Waals surface area contributed by atoms with E-state index in [2.05, 4.69) is 5.32 Å². The lowest BCUT2D eigenvalue weighted by molar-refractivity contribution is -0.147. The smallest absolute Gasteiger partial charge is 0.320 e. The number of nitrogens with one attached hydrogen (secondary N) is 1. The Labute approximate surface area is 152 Å². The molecule has 130 valence electrons. The summed E-state index contributed by atoms with van der Waals surface area (Å²) in [6.45, 7) is 2.02. The van der Waals surface area contributed by atoms with Gasteiger partial charge in [-0.15, -0.1) is 0 Å². The van der Waals surface area contributed by atoms with Crippen LogP contribution in [0.25, 0.3) is 11.1 Å². The molecule has 3 rings (SSSR count). The molecule has 0 unspecified atom stereocenters. The number of rotatable bonds is 6. The minimum absolute atomic E-state index is 0.175. The number of hydrogen-bond donors (Lipinski definition) is 1. The second kappa shape index (κ2) is 6.89. The van der Waals surface area contributed by atoms with Gasteiger partial charge in [-0.2, -0.15) is 0 Å². The van der Waals surface area contributed by atoms with Crippen LogP contribution in [0.4, 0.5) is 5.69 Å². The van der Waals surface area contributed by atoms with Crippen LogP contribution in [0, 0.1) is 5.41 Å². The number of ether oxygens (including phenoxy) is 1. The third-order valence-electron chi connectivity index (χ3n) is 4.57. The zero-order chi connectivity index (χ0) is 18.0. The highest BCUT2D eigenvalue weighted by Gasteiger charge is 2.58. The molecule has 0 saturated heterocycles. The molecule has 5 heteroatoms. The van der Waals surface area contributed by atoms with Crippen LogP contribution in [0.15, 0.2) is 42.5 Å².